The summed E-state index contributed by atoms with van der Waals surface area (Å²) in [5.74, 6) is 1.72. The fourth-order valence-corrected chi connectivity index (χ4v) is 3.41. The van der Waals surface area contributed by atoms with Crippen LogP contribution in [0.1, 0.15) is 36.4 Å². The van der Waals surface area contributed by atoms with E-state index in [0.29, 0.717) is 13.0 Å². The van der Waals surface area contributed by atoms with E-state index in [4.69, 9.17) is 9.47 Å². The Morgan fingerprint density at radius 3 is 2.29 bits per heavy atom. The first-order valence-electron chi connectivity index (χ1n) is 8.29. The number of hydrogen-bond donors (Lipinski definition) is 0. The van der Waals surface area contributed by atoms with Crippen molar-refractivity contribution in [1.29, 1.82) is 0 Å². The largest absolute Gasteiger partial charge is 0.496 e. The second-order valence-electron chi connectivity index (χ2n) is 5.99. The van der Waals surface area contributed by atoms with Gasteiger partial charge in [0.2, 0.25) is 5.91 Å². The van der Waals surface area contributed by atoms with Crippen molar-refractivity contribution in [2.75, 3.05) is 14.2 Å². The number of likely N-dealkylation sites (tertiary alicyclic amines) is 1. The summed E-state index contributed by atoms with van der Waals surface area (Å²) in [5.41, 5.74) is 2.10. The van der Waals surface area contributed by atoms with E-state index in [-0.39, 0.29) is 11.9 Å². The Morgan fingerprint density at radius 2 is 1.67 bits per heavy atom. The number of ether oxygens (including phenoxy) is 2. The Balaban J connectivity index is 1.99. The first-order valence-corrected chi connectivity index (χ1v) is 8.29. The van der Waals surface area contributed by atoms with Gasteiger partial charge in [-0.25, -0.2) is 0 Å². The van der Waals surface area contributed by atoms with Crippen LogP contribution in [0.2, 0.25) is 0 Å². The fourth-order valence-electron chi connectivity index (χ4n) is 3.41. The van der Waals surface area contributed by atoms with Crippen molar-refractivity contribution in [1.82, 2.24) is 4.90 Å². The minimum Gasteiger partial charge on any atom is -0.496 e. The molecule has 4 heteroatoms. The highest BCUT2D eigenvalue weighted by molar-refractivity contribution is 5.78. The lowest BCUT2D eigenvalue weighted by molar-refractivity contribution is -0.137. The number of methoxy groups -OCH3 is 2. The molecule has 1 heterocycles. The lowest BCUT2D eigenvalue weighted by atomic mass is 9.92. The number of piperidine rings is 1. The number of nitrogens with zero attached hydrogens (tertiary/aromatic N) is 1. The molecule has 2 aromatic carbocycles. The maximum Gasteiger partial charge on any atom is 0.223 e. The first-order chi connectivity index (χ1) is 11.7. The average molecular weight is 325 g/mol. The van der Waals surface area contributed by atoms with Gasteiger partial charge in [0.05, 0.1) is 25.8 Å². The van der Waals surface area contributed by atoms with Crippen molar-refractivity contribution in [2.24, 2.45) is 0 Å². The summed E-state index contributed by atoms with van der Waals surface area (Å²) in [5, 5.41) is 0. The van der Waals surface area contributed by atoms with Crippen LogP contribution in [0.5, 0.6) is 11.5 Å². The molecule has 0 aliphatic carbocycles. The normalized spacial score (nSPS) is 17.7. The van der Waals surface area contributed by atoms with Gasteiger partial charge in [-0.3, -0.25) is 4.79 Å². The van der Waals surface area contributed by atoms with Crippen LogP contribution in [0.15, 0.2) is 48.5 Å². The molecule has 1 unspecified atom stereocenters. The molecule has 0 saturated carbocycles. The Morgan fingerprint density at radius 1 is 1.00 bits per heavy atom. The predicted molar refractivity (Wildman–Crippen MR) is 93.1 cm³/mol. The zero-order valence-electron chi connectivity index (χ0n) is 14.2. The number of rotatable bonds is 5. The second-order valence-corrected chi connectivity index (χ2v) is 5.99. The van der Waals surface area contributed by atoms with E-state index in [1.807, 2.05) is 41.3 Å². The number of benzene rings is 2. The Kier molecular flexibility index (Phi) is 5.04. The zero-order chi connectivity index (χ0) is 16.9. The topological polar surface area (TPSA) is 38.8 Å². The molecule has 0 bridgehead atoms. The highest BCUT2D eigenvalue weighted by Crippen LogP contribution is 2.42. The number of hydrogen-bond acceptors (Lipinski definition) is 3. The fraction of sp³-hybridized carbons (Fsp3) is 0.350. The van der Waals surface area contributed by atoms with Crippen molar-refractivity contribution in [3.63, 3.8) is 0 Å². The minimum absolute atomic E-state index is 0.0300. The molecule has 0 radical (unpaired) electrons. The van der Waals surface area contributed by atoms with E-state index in [2.05, 4.69) is 12.1 Å². The van der Waals surface area contributed by atoms with Crippen LogP contribution in [-0.2, 0) is 11.3 Å². The molecule has 1 atom stereocenters. The van der Waals surface area contributed by atoms with Gasteiger partial charge in [0, 0.05) is 13.0 Å². The summed E-state index contributed by atoms with van der Waals surface area (Å²) < 4.78 is 11.1. The van der Waals surface area contributed by atoms with Crippen molar-refractivity contribution in [2.45, 2.75) is 31.8 Å². The molecular weight excluding hydrogens is 302 g/mol. The summed E-state index contributed by atoms with van der Waals surface area (Å²) in [6.07, 6.45) is 2.39. The molecule has 1 aliphatic rings. The van der Waals surface area contributed by atoms with Crippen LogP contribution >= 0.6 is 0 Å². The molecule has 4 nitrogen and oxygen atoms in total. The lowest BCUT2D eigenvalue weighted by Crippen LogP contribution is -2.38. The molecule has 1 fully saturated rings. The summed E-state index contributed by atoms with van der Waals surface area (Å²) >= 11 is 0. The minimum atomic E-state index is -0.0300. The molecule has 126 valence electrons. The molecule has 1 amide bonds. The third-order valence-electron chi connectivity index (χ3n) is 4.56. The van der Waals surface area contributed by atoms with Crippen molar-refractivity contribution in [3.8, 4) is 11.5 Å². The summed E-state index contributed by atoms with van der Waals surface area (Å²) in [6.45, 7) is 0.603. The van der Waals surface area contributed by atoms with Crippen LogP contribution in [0.4, 0.5) is 0 Å². The van der Waals surface area contributed by atoms with Gasteiger partial charge >= 0.3 is 0 Å². The third-order valence-corrected chi connectivity index (χ3v) is 4.56. The van der Waals surface area contributed by atoms with Gasteiger partial charge in [-0.2, -0.15) is 0 Å². The highest BCUT2D eigenvalue weighted by atomic mass is 16.5. The maximum absolute atomic E-state index is 12.6. The van der Waals surface area contributed by atoms with E-state index in [1.54, 1.807) is 14.2 Å². The monoisotopic (exact) mass is 325 g/mol. The summed E-state index contributed by atoms with van der Waals surface area (Å²) in [7, 11) is 3.31. The molecule has 24 heavy (non-hydrogen) atoms. The molecule has 1 saturated heterocycles. The Hall–Kier alpha value is -2.49. The number of carbonyl (C=O) groups excluding carboxylic acids is 1. The highest BCUT2D eigenvalue weighted by Gasteiger charge is 2.33. The van der Waals surface area contributed by atoms with Crippen LogP contribution < -0.4 is 9.47 Å². The zero-order valence-corrected chi connectivity index (χ0v) is 14.2. The Bertz CT molecular complexity index is 677. The SMILES string of the molecule is COc1cccc(OC)c1C1CCCC(=O)N1Cc1ccccc1. The van der Waals surface area contributed by atoms with Gasteiger partial charge in [0.25, 0.3) is 0 Å². The van der Waals surface area contributed by atoms with Gasteiger partial charge in [0.15, 0.2) is 0 Å². The van der Waals surface area contributed by atoms with Crippen molar-refractivity contribution < 1.29 is 14.3 Å². The number of amides is 1. The predicted octanol–water partition coefficient (Wildman–Crippen LogP) is 3.96. The van der Waals surface area contributed by atoms with E-state index in [9.17, 15) is 4.79 Å². The molecule has 0 aromatic heterocycles. The lowest BCUT2D eigenvalue weighted by Gasteiger charge is -2.37. The molecule has 3 rings (SSSR count). The molecule has 0 spiro atoms. The average Bonchev–Trinajstić information content (AvgIpc) is 2.63. The molecule has 2 aromatic rings. The number of carbonyl (C=O) groups is 1. The van der Waals surface area contributed by atoms with Gasteiger partial charge in [-0.05, 0) is 30.5 Å². The summed E-state index contributed by atoms with van der Waals surface area (Å²) in [4.78, 5) is 14.6. The van der Waals surface area contributed by atoms with Crippen molar-refractivity contribution in [3.05, 3.63) is 59.7 Å². The van der Waals surface area contributed by atoms with Gasteiger partial charge in [-0.15, -0.1) is 0 Å². The van der Waals surface area contributed by atoms with Crippen LogP contribution in [0.3, 0.4) is 0 Å². The van der Waals surface area contributed by atoms with E-state index >= 15 is 0 Å². The van der Waals surface area contributed by atoms with Crippen molar-refractivity contribution >= 4 is 5.91 Å². The quantitative estimate of drug-likeness (QED) is 0.835. The van der Waals surface area contributed by atoms with Crippen LogP contribution in [0, 0.1) is 0 Å². The van der Waals surface area contributed by atoms with Crippen LogP contribution in [0.25, 0.3) is 0 Å². The Labute approximate surface area is 143 Å². The van der Waals surface area contributed by atoms with Gasteiger partial charge < -0.3 is 14.4 Å². The first kappa shape index (κ1) is 16.4. The van der Waals surface area contributed by atoms with Crippen LogP contribution in [-0.4, -0.2) is 25.0 Å². The third kappa shape index (κ3) is 3.23. The van der Waals surface area contributed by atoms with E-state index < -0.39 is 0 Å². The standard InChI is InChI=1S/C20H23NO3/c1-23-17-11-7-12-18(24-2)20(17)16-10-6-13-19(22)21(16)14-15-8-4-3-5-9-15/h3-5,7-9,11-12,16H,6,10,13-14H2,1-2H3. The van der Waals surface area contributed by atoms with E-state index in [0.717, 1.165) is 35.5 Å². The van der Waals surface area contributed by atoms with E-state index in [1.165, 1.54) is 0 Å². The molecular formula is C20H23NO3. The molecule has 0 N–H and O–H groups in total. The van der Waals surface area contributed by atoms with Gasteiger partial charge in [0.1, 0.15) is 11.5 Å². The van der Waals surface area contributed by atoms with Gasteiger partial charge in [-0.1, -0.05) is 36.4 Å². The smallest absolute Gasteiger partial charge is 0.223 e. The maximum atomic E-state index is 12.6. The summed E-state index contributed by atoms with van der Waals surface area (Å²) in [6, 6.07) is 15.8. The second kappa shape index (κ2) is 7.39. The molecule has 1 aliphatic heterocycles.